The molecular formula is C48H30N4. The van der Waals surface area contributed by atoms with Crippen molar-refractivity contribution in [1.29, 1.82) is 0 Å². The van der Waals surface area contributed by atoms with Gasteiger partial charge in [0, 0.05) is 34.1 Å². The molecule has 0 atom stereocenters. The summed E-state index contributed by atoms with van der Waals surface area (Å²) in [5, 5.41) is 7.10. The van der Waals surface area contributed by atoms with E-state index < -0.39 is 0 Å². The van der Waals surface area contributed by atoms with Gasteiger partial charge in [-0.1, -0.05) is 121 Å². The Balaban J connectivity index is 1.10. The third-order valence-corrected chi connectivity index (χ3v) is 9.94. The number of aromatic nitrogens is 4. The molecule has 0 saturated heterocycles. The lowest BCUT2D eigenvalue weighted by molar-refractivity contribution is 1.22. The molecule has 52 heavy (non-hydrogen) atoms. The summed E-state index contributed by atoms with van der Waals surface area (Å²) in [6.45, 7) is 0. The van der Waals surface area contributed by atoms with E-state index in [1.165, 1.54) is 27.3 Å². The smallest absolute Gasteiger partial charge is 0.0900 e. The van der Waals surface area contributed by atoms with Crippen LogP contribution in [0, 0.1) is 0 Å². The molecule has 0 radical (unpaired) electrons. The number of benzene rings is 6. The monoisotopic (exact) mass is 662 g/mol. The van der Waals surface area contributed by atoms with Gasteiger partial charge in [-0.2, -0.15) is 0 Å². The first kappa shape index (κ1) is 29.8. The van der Waals surface area contributed by atoms with Crippen LogP contribution in [-0.2, 0) is 0 Å². The molecule has 0 aliphatic heterocycles. The first-order chi connectivity index (χ1) is 25.7. The highest BCUT2D eigenvalue weighted by Crippen LogP contribution is 2.40. The zero-order valence-corrected chi connectivity index (χ0v) is 28.1. The molecule has 4 nitrogen and oxygen atoms in total. The number of nitrogens with zero attached hydrogens (tertiary/aromatic N) is 4. The minimum absolute atomic E-state index is 0.811. The molecule has 6 aromatic carbocycles. The number of hydrogen-bond donors (Lipinski definition) is 0. The number of hydrogen-bond acceptors (Lipinski definition) is 4. The van der Waals surface area contributed by atoms with Crippen molar-refractivity contribution in [1.82, 2.24) is 19.9 Å². The average Bonchev–Trinajstić information content (AvgIpc) is 3.23. The fraction of sp³-hybridized carbons (Fsp3) is 0. The number of pyridine rings is 4. The van der Waals surface area contributed by atoms with Gasteiger partial charge in [-0.3, -0.25) is 9.97 Å². The van der Waals surface area contributed by atoms with Crippen molar-refractivity contribution in [3.63, 3.8) is 0 Å². The van der Waals surface area contributed by atoms with Crippen LogP contribution in [0.5, 0.6) is 0 Å². The molecule has 10 rings (SSSR count). The molecular weight excluding hydrogens is 633 g/mol. The van der Waals surface area contributed by atoms with Gasteiger partial charge < -0.3 is 0 Å². The lowest BCUT2D eigenvalue weighted by atomic mass is 9.91. The Morgan fingerprint density at radius 3 is 1.60 bits per heavy atom. The fourth-order valence-corrected chi connectivity index (χ4v) is 7.36. The van der Waals surface area contributed by atoms with Gasteiger partial charge in [-0.25, -0.2) is 9.97 Å². The first-order valence-corrected chi connectivity index (χ1v) is 17.5. The Labute approximate surface area is 300 Å². The predicted octanol–water partition coefficient (Wildman–Crippen LogP) is 12.2. The first-order valence-electron chi connectivity index (χ1n) is 17.5. The van der Waals surface area contributed by atoms with Crippen molar-refractivity contribution < 1.29 is 0 Å². The Bertz CT molecular complexity index is 2880. The molecule has 0 spiro atoms. The van der Waals surface area contributed by atoms with E-state index in [4.69, 9.17) is 9.97 Å². The van der Waals surface area contributed by atoms with Crippen LogP contribution in [0.1, 0.15) is 0 Å². The maximum absolute atomic E-state index is 5.36. The van der Waals surface area contributed by atoms with Gasteiger partial charge in [-0.05, 0) is 92.5 Å². The largest absolute Gasteiger partial charge is 0.255 e. The predicted molar refractivity (Wildman–Crippen MR) is 215 cm³/mol. The van der Waals surface area contributed by atoms with Crippen molar-refractivity contribution >= 4 is 43.4 Å². The second-order valence-corrected chi connectivity index (χ2v) is 13.1. The van der Waals surface area contributed by atoms with E-state index in [1.807, 2.05) is 36.4 Å². The van der Waals surface area contributed by atoms with E-state index in [1.54, 1.807) is 12.4 Å². The molecule has 4 aromatic heterocycles. The molecule has 0 saturated carbocycles. The molecule has 0 unspecified atom stereocenters. The second kappa shape index (κ2) is 12.4. The zero-order valence-electron chi connectivity index (χ0n) is 28.1. The molecule has 0 bridgehead atoms. The molecule has 4 heteroatoms. The van der Waals surface area contributed by atoms with Crippen LogP contribution < -0.4 is 0 Å². The summed E-state index contributed by atoms with van der Waals surface area (Å²) in [5.41, 5.74) is 12.1. The van der Waals surface area contributed by atoms with E-state index in [0.717, 1.165) is 72.2 Å². The van der Waals surface area contributed by atoms with Crippen molar-refractivity contribution in [2.45, 2.75) is 0 Å². The summed E-state index contributed by atoms with van der Waals surface area (Å²) < 4.78 is 0. The van der Waals surface area contributed by atoms with Crippen LogP contribution >= 0.6 is 0 Å². The summed E-state index contributed by atoms with van der Waals surface area (Å²) in [6, 6.07) is 59.8. The SMILES string of the molecule is c1ccc(-c2cc(-c3ccc(-c4ccc5c(-c6ccc7ccccc7c6)c6ccc7ccccc7c6nc5c4)cc3)cc(-c3ccccn3)n2)nc1. The van der Waals surface area contributed by atoms with E-state index >= 15 is 0 Å². The highest BCUT2D eigenvalue weighted by atomic mass is 14.8. The van der Waals surface area contributed by atoms with Crippen molar-refractivity contribution in [3.05, 3.63) is 182 Å². The number of fused-ring (bicyclic) bond motifs is 5. The van der Waals surface area contributed by atoms with E-state index in [9.17, 15) is 0 Å². The van der Waals surface area contributed by atoms with Gasteiger partial charge in [-0.15, -0.1) is 0 Å². The van der Waals surface area contributed by atoms with Crippen LogP contribution in [-0.4, -0.2) is 19.9 Å². The minimum Gasteiger partial charge on any atom is -0.255 e. The Morgan fingerprint density at radius 1 is 0.308 bits per heavy atom. The van der Waals surface area contributed by atoms with E-state index in [2.05, 4.69) is 143 Å². The standard InChI is InChI=1S/C48H30N4/c1-2-11-35-27-37(20-19-31(35)9-1)47-40-23-22-36(28-44(40)52-48-39-12-4-3-10-34(39)21-24-41(47)48)32-15-17-33(18-16-32)38-29-45(42-13-5-7-25-49-42)51-46(30-38)43-14-6-8-26-50-43/h1-30H. The lowest BCUT2D eigenvalue weighted by Crippen LogP contribution is -1.94. The molecule has 0 aliphatic rings. The Morgan fingerprint density at radius 2 is 0.885 bits per heavy atom. The maximum Gasteiger partial charge on any atom is 0.0900 e. The quantitative estimate of drug-likeness (QED) is 0.136. The topological polar surface area (TPSA) is 51.6 Å². The van der Waals surface area contributed by atoms with Gasteiger partial charge in [0.05, 0.1) is 33.8 Å². The minimum atomic E-state index is 0.811. The third-order valence-electron chi connectivity index (χ3n) is 9.94. The normalized spacial score (nSPS) is 11.5. The summed E-state index contributed by atoms with van der Waals surface area (Å²) in [4.78, 5) is 19.5. The summed E-state index contributed by atoms with van der Waals surface area (Å²) in [5.74, 6) is 0. The van der Waals surface area contributed by atoms with E-state index in [-0.39, 0.29) is 0 Å². The van der Waals surface area contributed by atoms with Crippen molar-refractivity contribution in [3.8, 4) is 56.2 Å². The highest BCUT2D eigenvalue weighted by molar-refractivity contribution is 6.17. The molecule has 10 aromatic rings. The molecule has 4 heterocycles. The second-order valence-electron chi connectivity index (χ2n) is 13.1. The Kier molecular flexibility index (Phi) is 7.10. The van der Waals surface area contributed by atoms with Gasteiger partial charge in [0.25, 0.3) is 0 Å². The van der Waals surface area contributed by atoms with Crippen molar-refractivity contribution in [2.75, 3.05) is 0 Å². The number of rotatable bonds is 5. The van der Waals surface area contributed by atoms with Gasteiger partial charge in [0.15, 0.2) is 0 Å². The third kappa shape index (κ3) is 5.26. The summed E-state index contributed by atoms with van der Waals surface area (Å²) >= 11 is 0. The molecule has 242 valence electrons. The van der Waals surface area contributed by atoms with Crippen LogP contribution in [0.4, 0.5) is 0 Å². The van der Waals surface area contributed by atoms with Crippen molar-refractivity contribution in [2.24, 2.45) is 0 Å². The van der Waals surface area contributed by atoms with Gasteiger partial charge in [0.2, 0.25) is 0 Å². The maximum atomic E-state index is 5.36. The summed E-state index contributed by atoms with van der Waals surface area (Å²) in [7, 11) is 0. The van der Waals surface area contributed by atoms with Crippen LogP contribution in [0.25, 0.3) is 99.5 Å². The van der Waals surface area contributed by atoms with Gasteiger partial charge >= 0.3 is 0 Å². The Hall–Kier alpha value is -7.04. The highest BCUT2D eigenvalue weighted by Gasteiger charge is 2.16. The van der Waals surface area contributed by atoms with Crippen LogP contribution in [0.2, 0.25) is 0 Å². The zero-order chi connectivity index (χ0) is 34.4. The molecule has 0 amide bonds. The van der Waals surface area contributed by atoms with E-state index in [0.29, 0.717) is 0 Å². The molecule has 0 fully saturated rings. The fourth-order valence-electron chi connectivity index (χ4n) is 7.36. The molecule has 0 aliphatic carbocycles. The average molecular weight is 663 g/mol. The summed E-state index contributed by atoms with van der Waals surface area (Å²) in [6.07, 6.45) is 3.60. The van der Waals surface area contributed by atoms with Crippen LogP contribution in [0.15, 0.2) is 182 Å². The molecule has 0 N–H and O–H groups in total. The lowest BCUT2D eigenvalue weighted by Gasteiger charge is -2.15. The van der Waals surface area contributed by atoms with Crippen LogP contribution in [0.3, 0.4) is 0 Å². The van der Waals surface area contributed by atoms with Gasteiger partial charge in [0.1, 0.15) is 0 Å².